The van der Waals surface area contributed by atoms with Crippen molar-refractivity contribution >= 4 is 12.0 Å². The first-order chi connectivity index (χ1) is 8.24. The molecule has 1 aromatic carbocycles. The van der Waals surface area contributed by atoms with Gasteiger partial charge in [0.05, 0.1) is 0 Å². The average Bonchev–Trinajstić information content (AvgIpc) is 2.81. The molecule has 1 aliphatic rings. The van der Waals surface area contributed by atoms with Crippen molar-refractivity contribution in [3.05, 3.63) is 41.7 Å². The van der Waals surface area contributed by atoms with Crippen molar-refractivity contribution in [2.75, 3.05) is 13.1 Å². The van der Waals surface area contributed by atoms with Crippen LogP contribution in [0.25, 0.3) is 6.08 Å². The second-order valence-electron chi connectivity index (χ2n) is 4.08. The predicted molar refractivity (Wildman–Crippen MR) is 64.9 cm³/mol. The summed E-state index contributed by atoms with van der Waals surface area (Å²) in [6.45, 7) is 1.78. The smallest absolute Gasteiger partial charge is 0.244 e. The zero-order valence-electron chi connectivity index (χ0n) is 9.45. The minimum absolute atomic E-state index is 0.108. The molecule has 2 N–H and O–H groups in total. The third kappa shape index (κ3) is 3.67. The lowest BCUT2D eigenvalue weighted by Gasteiger charge is -2.08. The van der Waals surface area contributed by atoms with Crippen molar-refractivity contribution in [3.8, 4) is 0 Å². The van der Waals surface area contributed by atoms with E-state index in [-0.39, 0.29) is 17.8 Å². The summed E-state index contributed by atoms with van der Waals surface area (Å²) in [6.07, 6.45) is 4.12. The van der Waals surface area contributed by atoms with Crippen molar-refractivity contribution in [2.24, 2.45) is 0 Å². The highest BCUT2D eigenvalue weighted by atomic mass is 19.1. The Morgan fingerprint density at radius 2 is 2.18 bits per heavy atom. The van der Waals surface area contributed by atoms with Crippen LogP contribution in [0.2, 0.25) is 0 Å². The highest BCUT2D eigenvalue weighted by molar-refractivity contribution is 5.91. The molecule has 1 heterocycles. The van der Waals surface area contributed by atoms with E-state index >= 15 is 0 Å². The lowest BCUT2D eigenvalue weighted by Crippen LogP contribution is -2.34. The van der Waals surface area contributed by atoms with Gasteiger partial charge >= 0.3 is 0 Å². The van der Waals surface area contributed by atoms with Gasteiger partial charge < -0.3 is 10.6 Å². The van der Waals surface area contributed by atoms with Crippen LogP contribution in [0, 0.1) is 5.82 Å². The van der Waals surface area contributed by atoms with Gasteiger partial charge in [0.25, 0.3) is 0 Å². The third-order valence-corrected chi connectivity index (χ3v) is 2.70. The summed E-state index contributed by atoms with van der Waals surface area (Å²) >= 11 is 0. The van der Waals surface area contributed by atoms with Gasteiger partial charge in [-0.1, -0.05) is 12.1 Å². The lowest BCUT2D eigenvalue weighted by atomic mass is 10.2. The maximum absolute atomic E-state index is 12.6. The quantitative estimate of drug-likeness (QED) is 0.774. The molecule has 1 amide bonds. The Bertz CT molecular complexity index is 408. The normalized spacial score (nSPS) is 19.7. The Labute approximate surface area is 99.7 Å². The summed E-state index contributed by atoms with van der Waals surface area (Å²) in [5, 5.41) is 6.08. The Kier molecular flexibility index (Phi) is 3.88. The molecule has 0 aromatic heterocycles. The van der Waals surface area contributed by atoms with E-state index in [9.17, 15) is 9.18 Å². The molecule has 0 saturated carbocycles. The van der Waals surface area contributed by atoms with Crippen molar-refractivity contribution in [1.29, 1.82) is 0 Å². The summed E-state index contributed by atoms with van der Waals surface area (Å²) in [7, 11) is 0. The van der Waals surface area contributed by atoms with Crippen LogP contribution in [0.3, 0.4) is 0 Å². The number of carbonyl (C=O) groups is 1. The van der Waals surface area contributed by atoms with E-state index in [0.29, 0.717) is 0 Å². The number of amides is 1. The second kappa shape index (κ2) is 5.59. The van der Waals surface area contributed by atoms with Gasteiger partial charge in [-0.05, 0) is 36.7 Å². The molecule has 0 aliphatic carbocycles. The zero-order valence-corrected chi connectivity index (χ0v) is 9.45. The zero-order chi connectivity index (χ0) is 12.1. The molecular weight excluding hydrogens is 219 g/mol. The van der Waals surface area contributed by atoms with Crippen LogP contribution in [-0.4, -0.2) is 25.0 Å². The fourth-order valence-corrected chi connectivity index (χ4v) is 1.77. The molecule has 0 unspecified atom stereocenters. The van der Waals surface area contributed by atoms with E-state index in [1.807, 2.05) is 0 Å². The summed E-state index contributed by atoms with van der Waals surface area (Å²) in [4.78, 5) is 11.5. The number of hydrogen-bond donors (Lipinski definition) is 2. The summed E-state index contributed by atoms with van der Waals surface area (Å²) in [6, 6.07) is 6.24. The molecule has 4 heteroatoms. The molecule has 0 radical (unpaired) electrons. The molecule has 2 rings (SSSR count). The molecule has 1 fully saturated rings. The first kappa shape index (κ1) is 11.8. The largest absolute Gasteiger partial charge is 0.348 e. The lowest BCUT2D eigenvalue weighted by molar-refractivity contribution is -0.117. The van der Waals surface area contributed by atoms with E-state index in [4.69, 9.17) is 0 Å². The van der Waals surface area contributed by atoms with E-state index < -0.39 is 0 Å². The number of halogens is 1. The van der Waals surface area contributed by atoms with Crippen LogP contribution >= 0.6 is 0 Å². The maximum Gasteiger partial charge on any atom is 0.244 e. The van der Waals surface area contributed by atoms with Crippen LogP contribution in [0.15, 0.2) is 30.3 Å². The number of benzene rings is 1. The fraction of sp³-hybridized carbons (Fsp3) is 0.308. The van der Waals surface area contributed by atoms with Crippen LogP contribution in [0.1, 0.15) is 12.0 Å². The number of carbonyl (C=O) groups excluding carboxylic acids is 1. The summed E-state index contributed by atoms with van der Waals surface area (Å²) in [5.74, 6) is -0.383. The molecule has 17 heavy (non-hydrogen) atoms. The van der Waals surface area contributed by atoms with Gasteiger partial charge in [0.2, 0.25) is 5.91 Å². The fourth-order valence-electron chi connectivity index (χ4n) is 1.77. The van der Waals surface area contributed by atoms with Crippen molar-refractivity contribution in [3.63, 3.8) is 0 Å². The Hall–Kier alpha value is -1.68. The molecule has 0 bridgehead atoms. The molecule has 0 spiro atoms. The molecule has 3 nitrogen and oxygen atoms in total. The molecule has 1 aliphatic heterocycles. The van der Waals surface area contributed by atoms with Gasteiger partial charge in [0.15, 0.2) is 0 Å². The average molecular weight is 234 g/mol. The van der Waals surface area contributed by atoms with Gasteiger partial charge in [0.1, 0.15) is 5.82 Å². The van der Waals surface area contributed by atoms with E-state index in [1.165, 1.54) is 18.2 Å². The molecule has 1 saturated heterocycles. The van der Waals surface area contributed by atoms with Crippen molar-refractivity contribution in [1.82, 2.24) is 10.6 Å². The van der Waals surface area contributed by atoms with E-state index in [2.05, 4.69) is 10.6 Å². The number of rotatable bonds is 3. The minimum atomic E-state index is -0.274. The number of nitrogens with one attached hydrogen (secondary N) is 2. The van der Waals surface area contributed by atoms with Crippen LogP contribution in [0.4, 0.5) is 4.39 Å². The summed E-state index contributed by atoms with van der Waals surface area (Å²) < 4.78 is 12.6. The highest BCUT2D eigenvalue weighted by Crippen LogP contribution is 2.04. The van der Waals surface area contributed by atoms with Crippen LogP contribution in [-0.2, 0) is 4.79 Å². The monoisotopic (exact) mass is 234 g/mol. The Morgan fingerprint density at radius 3 is 2.82 bits per heavy atom. The Balaban J connectivity index is 1.86. The van der Waals surface area contributed by atoms with Crippen LogP contribution in [0.5, 0.6) is 0 Å². The van der Waals surface area contributed by atoms with E-state index in [0.717, 1.165) is 25.1 Å². The first-order valence-electron chi connectivity index (χ1n) is 5.69. The van der Waals surface area contributed by atoms with E-state index in [1.54, 1.807) is 18.2 Å². The van der Waals surface area contributed by atoms with Gasteiger partial charge in [0, 0.05) is 18.7 Å². The standard InChI is InChI=1S/C13H15FN2O/c14-11-4-1-10(2-5-11)3-6-13(17)16-12-7-8-15-9-12/h1-6,12,15H,7-9H2,(H,16,17)/t12-/m1/s1. The second-order valence-corrected chi connectivity index (χ2v) is 4.08. The maximum atomic E-state index is 12.6. The van der Waals surface area contributed by atoms with Crippen molar-refractivity contribution in [2.45, 2.75) is 12.5 Å². The van der Waals surface area contributed by atoms with Gasteiger partial charge in [-0.15, -0.1) is 0 Å². The molecule has 90 valence electrons. The number of hydrogen-bond acceptors (Lipinski definition) is 2. The molecule has 1 atom stereocenters. The van der Waals surface area contributed by atoms with Crippen molar-refractivity contribution < 1.29 is 9.18 Å². The minimum Gasteiger partial charge on any atom is -0.348 e. The highest BCUT2D eigenvalue weighted by Gasteiger charge is 2.14. The molecular formula is C13H15FN2O. The van der Waals surface area contributed by atoms with Crippen LogP contribution < -0.4 is 10.6 Å². The third-order valence-electron chi connectivity index (χ3n) is 2.70. The summed E-state index contributed by atoms with van der Waals surface area (Å²) in [5.41, 5.74) is 0.811. The predicted octanol–water partition coefficient (Wildman–Crippen LogP) is 1.32. The SMILES string of the molecule is O=C(C=Cc1ccc(F)cc1)N[C@@H]1CCNC1. The van der Waals surface area contributed by atoms with Gasteiger partial charge in [-0.25, -0.2) is 4.39 Å². The first-order valence-corrected chi connectivity index (χ1v) is 5.69. The van der Waals surface area contributed by atoms with Gasteiger partial charge in [-0.2, -0.15) is 0 Å². The van der Waals surface area contributed by atoms with Gasteiger partial charge in [-0.3, -0.25) is 4.79 Å². The topological polar surface area (TPSA) is 41.1 Å². The Morgan fingerprint density at radius 1 is 1.41 bits per heavy atom. The molecule has 1 aromatic rings.